The van der Waals surface area contributed by atoms with E-state index >= 15 is 0 Å². The zero-order chi connectivity index (χ0) is 34.0. The van der Waals surface area contributed by atoms with Crippen molar-refractivity contribution in [1.29, 1.82) is 0 Å². The number of carbonyl (C=O) groups is 2. The lowest BCUT2D eigenvalue weighted by Crippen LogP contribution is -2.29. The number of rotatable bonds is 34. The van der Waals surface area contributed by atoms with Crippen molar-refractivity contribution in [2.45, 2.75) is 180 Å². The second-order valence-electron chi connectivity index (χ2n) is 12.3. The largest absolute Gasteiger partial charge is 0.472 e. The molecule has 0 aliphatic rings. The van der Waals surface area contributed by atoms with E-state index < -0.39 is 26.5 Å². The minimum Gasteiger partial charge on any atom is -0.462 e. The van der Waals surface area contributed by atoms with E-state index in [1.807, 2.05) is 0 Å². The van der Waals surface area contributed by atoms with Crippen molar-refractivity contribution >= 4 is 19.8 Å². The molecule has 0 heterocycles. The van der Waals surface area contributed by atoms with E-state index in [1.54, 1.807) is 0 Å². The summed E-state index contributed by atoms with van der Waals surface area (Å²) in [5.74, 6) is -0.824. The second-order valence-corrected chi connectivity index (χ2v) is 13.9. The highest BCUT2D eigenvalue weighted by atomic mass is 31.2. The Morgan fingerprint density at radius 3 is 1.48 bits per heavy atom. The molecule has 0 radical (unpaired) electrons. The van der Waals surface area contributed by atoms with Crippen molar-refractivity contribution in [3.63, 3.8) is 0 Å². The first-order chi connectivity index (χ1) is 22.3. The maximum Gasteiger partial charge on any atom is 0.472 e. The summed E-state index contributed by atoms with van der Waals surface area (Å²) in [7, 11) is -3.20. The monoisotopic (exact) mass is 672 g/mol. The Morgan fingerprint density at radius 1 is 0.587 bits per heavy atom. The normalized spacial score (nSPS) is 13.7. The van der Waals surface area contributed by atoms with Crippen LogP contribution in [0.25, 0.3) is 0 Å². The molecule has 270 valence electrons. The van der Waals surface area contributed by atoms with Gasteiger partial charge in [0.15, 0.2) is 6.10 Å². The first kappa shape index (κ1) is 44.5. The van der Waals surface area contributed by atoms with Gasteiger partial charge >= 0.3 is 19.8 Å². The molecule has 0 saturated heterocycles. The summed E-state index contributed by atoms with van der Waals surface area (Å²) in [5.41, 5.74) is 0. The number of hydrogen-bond acceptors (Lipinski definition) is 7. The molecule has 0 amide bonds. The molecule has 8 nitrogen and oxygen atoms in total. The fraction of sp³-hybridized carbons (Fsp3) is 0.838. The number of unbranched alkanes of at least 4 members (excludes halogenated alkanes) is 19. The molecule has 0 aromatic rings. The first-order valence-electron chi connectivity index (χ1n) is 18.5. The van der Waals surface area contributed by atoms with E-state index in [9.17, 15) is 19.0 Å². The van der Waals surface area contributed by atoms with Crippen LogP contribution in [-0.4, -0.2) is 43.3 Å². The fourth-order valence-electron chi connectivity index (χ4n) is 4.99. The van der Waals surface area contributed by atoms with E-state index in [0.29, 0.717) is 6.42 Å². The summed E-state index contributed by atoms with van der Waals surface area (Å²) >= 11 is 0. The van der Waals surface area contributed by atoms with Gasteiger partial charge in [0, 0.05) is 20.0 Å². The Kier molecular flexibility index (Phi) is 32.4. The van der Waals surface area contributed by atoms with E-state index in [-0.39, 0.29) is 25.4 Å². The van der Waals surface area contributed by atoms with Crippen molar-refractivity contribution < 1.29 is 37.6 Å². The summed E-state index contributed by atoms with van der Waals surface area (Å²) in [6.07, 6.45) is 35.1. The summed E-state index contributed by atoms with van der Waals surface area (Å²) in [6.45, 7) is 3.82. The van der Waals surface area contributed by atoms with Crippen molar-refractivity contribution in [1.82, 2.24) is 0 Å². The molecular formula is C37H69O8P. The van der Waals surface area contributed by atoms with Crippen LogP contribution < -0.4 is 0 Å². The molecular weight excluding hydrogens is 603 g/mol. The summed E-state index contributed by atoms with van der Waals surface area (Å²) in [5, 5.41) is 0. The molecule has 2 unspecified atom stereocenters. The van der Waals surface area contributed by atoms with Gasteiger partial charge in [-0.15, -0.1) is 0 Å². The van der Waals surface area contributed by atoms with Gasteiger partial charge in [-0.3, -0.25) is 18.6 Å². The lowest BCUT2D eigenvalue weighted by molar-refractivity contribution is -0.161. The smallest absolute Gasteiger partial charge is 0.462 e. The highest BCUT2D eigenvalue weighted by Crippen LogP contribution is 2.42. The maximum absolute atomic E-state index is 12.4. The standard InChI is InChI=1S/C37H69O8P/c1-4-6-8-10-12-14-16-17-18-19-20-22-24-26-28-30-32-37(39)45-35(34-44-46(40,41)42-3)33-43-36(38)31-29-27-25-23-21-15-13-11-9-7-5-2/h11,13,18-19,35H,4-10,12,14-17,20-34H2,1-3H3,(H,40,41)/b13-11-,19-18-. The zero-order valence-electron chi connectivity index (χ0n) is 29.7. The van der Waals surface area contributed by atoms with Crippen LogP contribution in [0, 0.1) is 0 Å². The number of allylic oxidation sites excluding steroid dienone is 4. The van der Waals surface area contributed by atoms with Gasteiger partial charge in [-0.05, 0) is 57.8 Å². The average Bonchev–Trinajstić information content (AvgIpc) is 3.04. The van der Waals surface area contributed by atoms with Crippen LogP contribution in [0.3, 0.4) is 0 Å². The predicted octanol–water partition coefficient (Wildman–Crippen LogP) is 11.1. The fourth-order valence-corrected chi connectivity index (χ4v) is 5.45. The van der Waals surface area contributed by atoms with Crippen molar-refractivity contribution in [3.8, 4) is 0 Å². The number of phosphoric ester groups is 1. The number of esters is 2. The van der Waals surface area contributed by atoms with Gasteiger partial charge in [0.1, 0.15) is 6.61 Å². The molecule has 0 aromatic carbocycles. The van der Waals surface area contributed by atoms with Gasteiger partial charge in [-0.25, -0.2) is 4.57 Å². The second kappa shape index (κ2) is 33.4. The Morgan fingerprint density at radius 2 is 1.00 bits per heavy atom. The molecule has 0 fully saturated rings. The first-order valence-corrected chi connectivity index (χ1v) is 20.0. The highest BCUT2D eigenvalue weighted by Gasteiger charge is 2.24. The molecule has 9 heteroatoms. The van der Waals surface area contributed by atoms with Crippen LogP contribution in [0.15, 0.2) is 24.3 Å². The lowest BCUT2D eigenvalue weighted by Gasteiger charge is -2.19. The number of phosphoric acid groups is 1. The quantitative estimate of drug-likeness (QED) is 0.0311. The number of ether oxygens (including phenoxy) is 2. The summed E-state index contributed by atoms with van der Waals surface area (Å²) in [6, 6.07) is 0. The third-order valence-electron chi connectivity index (χ3n) is 7.92. The van der Waals surface area contributed by atoms with Crippen molar-refractivity contribution in [2.24, 2.45) is 0 Å². The van der Waals surface area contributed by atoms with Gasteiger partial charge < -0.3 is 14.4 Å². The van der Waals surface area contributed by atoms with Crippen LogP contribution in [0.5, 0.6) is 0 Å². The Hall–Kier alpha value is -1.47. The van der Waals surface area contributed by atoms with E-state index in [2.05, 4.69) is 42.7 Å². The molecule has 0 aliphatic heterocycles. The molecule has 0 spiro atoms. The molecule has 0 aliphatic carbocycles. The molecule has 1 N–H and O–H groups in total. The minimum absolute atomic E-state index is 0.231. The number of carbonyl (C=O) groups excluding carboxylic acids is 2. The SMILES string of the molecule is CCCC/C=C\CCCCCCCC(=O)OCC(COP(=O)(O)OC)OC(=O)CCCCCCC/C=C\CCCCCCCCC. The van der Waals surface area contributed by atoms with Gasteiger partial charge in [-0.1, -0.05) is 128 Å². The molecule has 0 saturated carbocycles. The highest BCUT2D eigenvalue weighted by molar-refractivity contribution is 7.47. The molecule has 0 rings (SSSR count). The minimum atomic E-state index is -4.25. The third kappa shape index (κ3) is 32.5. The summed E-state index contributed by atoms with van der Waals surface area (Å²) in [4.78, 5) is 34.2. The van der Waals surface area contributed by atoms with E-state index in [0.717, 1.165) is 84.2 Å². The van der Waals surface area contributed by atoms with Crippen molar-refractivity contribution in [3.05, 3.63) is 24.3 Å². The third-order valence-corrected chi connectivity index (χ3v) is 8.85. The summed E-state index contributed by atoms with van der Waals surface area (Å²) < 4.78 is 31.8. The van der Waals surface area contributed by atoms with E-state index in [1.165, 1.54) is 64.2 Å². The van der Waals surface area contributed by atoms with Gasteiger partial charge in [0.2, 0.25) is 0 Å². The van der Waals surface area contributed by atoms with E-state index in [4.69, 9.17) is 14.0 Å². The zero-order valence-corrected chi connectivity index (χ0v) is 30.6. The Labute approximate surface area is 282 Å². The van der Waals surface area contributed by atoms with Gasteiger partial charge in [0.05, 0.1) is 6.61 Å². The Balaban J connectivity index is 4.08. The molecule has 0 aromatic heterocycles. The van der Waals surface area contributed by atoms with Crippen LogP contribution in [-0.2, 0) is 32.7 Å². The van der Waals surface area contributed by atoms with Gasteiger partial charge in [-0.2, -0.15) is 0 Å². The molecule has 2 atom stereocenters. The topological polar surface area (TPSA) is 108 Å². The van der Waals surface area contributed by atoms with Crippen molar-refractivity contribution in [2.75, 3.05) is 20.3 Å². The molecule has 46 heavy (non-hydrogen) atoms. The Bertz CT molecular complexity index is 813. The van der Waals surface area contributed by atoms with Crippen LogP contribution in [0.2, 0.25) is 0 Å². The predicted molar refractivity (Wildman–Crippen MR) is 189 cm³/mol. The van der Waals surface area contributed by atoms with Crippen LogP contribution in [0.1, 0.15) is 174 Å². The molecule has 0 bridgehead atoms. The average molecular weight is 673 g/mol. The van der Waals surface area contributed by atoms with Crippen LogP contribution in [0.4, 0.5) is 0 Å². The van der Waals surface area contributed by atoms with Crippen LogP contribution >= 0.6 is 7.82 Å². The number of hydrogen-bond donors (Lipinski definition) is 1. The maximum atomic E-state index is 12.4. The lowest BCUT2D eigenvalue weighted by atomic mass is 10.1. The van der Waals surface area contributed by atoms with Gasteiger partial charge in [0.25, 0.3) is 0 Å².